The van der Waals surface area contributed by atoms with Crippen molar-refractivity contribution in [1.82, 2.24) is 8.77 Å². The van der Waals surface area contributed by atoms with Crippen molar-refractivity contribution in [2.45, 2.75) is 70.1 Å². The zero-order valence-corrected chi connectivity index (χ0v) is 17.8. The third-order valence-electron chi connectivity index (χ3n) is 5.41. The van der Waals surface area contributed by atoms with Gasteiger partial charge < -0.3 is 9.47 Å². The van der Waals surface area contributed by atoms with Gasteiger partial charge in [0.05, 0.1) is 6.10 Å². The van der Waals surface area contributed by atoms with Gasteiger partial charge in [-0.15, -0.1) is 0 Å². The molecule has 0 aromatic rings. The molecule has 176 valence electrons. The van der Waals surface area contributed by atoms with Crippen molar-refractivity contribution in [3.63, 3.8) is 0 Å². The van der Waals surface area contributed by atoms with E-state index in [-0.39, 0.29) is 30.1 Å². The third-order valence-corrected chi connectivity index (χ3v) is 7.05. The number of piperidine rings is 1. The summed E-state index contributed by atoms with van der Waals surface area (Å²) in [6.07, 6.45) is -1.52. The molecular weight excluding hydrogens is 429 g/mol. The lowest BCUT2D eigenvalue weighted by molar-refractivity contribution is -0.154. The number of unbranched alkanes of at least 4 members (excludes halogenated alkanes) is 3. The van der Waals surface area contributed by atoms with Gasteiger partial charge in [0.1, 0.15) is 0 Å². The maximum atomic E-state index is 12.5. The average molecular weight is 461 g/mol. The summed E-state index contributed by atoms with van der Waals surface area (Å²) in [7, 11) is -4.30. The second-order valence-corrected chi connectivity index (χ2v) is 9.48. The molecule has 12 heteroatoms. The molecule has 1 amide bonds. The fourth-order valence-electron chi connectivity index (χ4n) is 3.58. The number of hydrogen-bond acceptors (Lipinski definition) is 6. The minimum absolute atomic E-state index is 0.115. The van der Waals surface area contributed by atoms with Gasteiger partial charge >= 0.3 is 16.4 Å². The van der Waals surface area contributed by atoms with Crippen LogP contribution in [0.25, 0.3) is 0 Å². The van der Waals surface area contributed by atoms with Gasteiger partial charge in [0.15, 0.2) is 0 Å². The first kappa shape index (κ1) is 25.3. The maximum Gasteiger partial charge on any atom is 0.389 e. The van der Waals surface area contributed by atoms with Gasteiger partial charge in [0.2, 0.25) is 0 Å². The Balaban J connectivity index is 1.66. The van der Waals surface area contributed by atoms with Gasteiger partial charge in [-0.05, 0) is 38.5 Å². The van der Waals surface area contributed by atoms with E-state index in [1.807, 2.05) is 0 Å². The molecule has 0 bridgehead atoms. The number of nitrogens with zero attached hydrogens (tertiary/aromatic N) is 2. The van der Waals surface area contributed by atoms with E-state index in [1.54, 1.807) is 0 Å². The van der Waals surface area contributed by atoms with E-state index >= 15 is 0 Å². The smallest absolute Gasteiger partial charge is 0.381 e. The molecular formula is C18H31F3N2O6S. The molecule has 1 N–H and O–H groups in total. The highest BCUT2D eigenvalue weighted by atomic mass is 32.2. The van der Waals surface area contributed by atoms with Gasteiger partial charge in [-0.3, -0.25) is 10.0 Å². The van der Waals surface area contributed by atoms with Crippen LogP contribution in [0.5, 0.6) is 0 Å². The lowest BCUT2D eigenvalue weighted by atomic mass is 10.00. The Morgan fingerprint density at radius 3 is 2.27 bits per heavy atom. The molecule has 0 aliphatic carbocycles. The molecule has 2 heterocycles. The normalized spacial score (nSPS) is 20.4. The summed E-state index contributed by atoms with van der Waals surface area (Å²) in [5, 5.41) is 10.0. The number of rotatable bonds is 10. The van der Waals surface area contributed by atoms with Crippen LogP contribution in [0.1, 0.15) is 57.8 Å². The van der Waals surface area contributed by atoms with Gasteiger partial charge in [-0.1, -0.05) is 17.3 Å². The molecule has 0 saturated carbocycles. The lowest BCUT2D eigenvalue weighted by Gasteiger charge is -2.33. The predicted octanol–water partition coefficient (Wildman–Crippen LogP) is 2.87. The fourth-order valence-corrected chi connectivity index (χ4v) is 4.85. The molecule has 0 atom stereocenters. The number of halogens is 3. The van der Waals surface area contributed by atoms with Crippen LogP contribution in [0.3, 0.4) is 0 Å². The number of hydrogen-bond donors (Lipinski definition) is 1. The first-order valence-electron chi connectivity index (χ1n) is 10.4. The highest BCUT2D eigenvalue weighted by Crippen LogP contribution is 2.24. The van der Waals surface area contributed by atoms with Gasteiger partial charge in [-0.25, -0.2) is 0 Å². The Kier molecular flexibility index (Phi) is 9.79. The van der Waals surface area contributed by atoms with Crippen LogP contribution >= 0.6 is 0 Å². The lowest BCUT2D eigenvalue weighted by Crippen LogP contribution is -2.50. The Morgan fingerprint density at radius 2 is 1.67 bits per heavy atom. The second-order valence-electron chi connectivity index (χ2n) is 7.72. The van der Waals surface area contributed by atoms with E-state index in [1.165, 1.54) is 0 Å². The summed E-state index contributed by atoms with van der Waals surface area (Å²) in [5.41, 5.74) is 0. The predicted molar refractivity (Wildman–Crippen MR) is 101 cm³/mol. The zero-order valence-electron chi connectivity index (χ0n) is 17.0. The number of carbonyl (C=O) groups is 1. The van der Waals surface area contributed by atoms with Crippen molar-refractivity contribution < 1.29 is 41.1 Å². The Hall–Kier alpha value is -0.950. The van der Waals surface area contributed by atoms with Crippen LogP contribution in [-0.4, -0.2) is 73.5 Å². The molecule has 0 radical (unpaired) electrons. The first-order valence-corrected chi connectivity index (χ1v) is 11.8. The fraction of sp³-hybridized carbons (Fsp3) is 0.944. The topological polar surface area (TPSA) is 96.4 Å². The van der Waals surface area contributed by atoms with Crippen LogP contribution in [0.15, 0.2) is 0 Å². The molecule has 2 aliphatic rings. The molecule has 2 aliphatic heterocycles. The average Bonchev–Trinajstić information content (AvgIpc) is 2.72. The Bertz CT molecular complexity index is 632. The van der Waals surface area contributed by atoms with Gasteiger partial charge in [0.25, 0.3) is 5.91 Å². The Morgan fingerprint density at radius 1 is 1.07 bits per heavy atom. The van der Waals surface area contributed by atoms with E-state index in [9.17, 15) is 31.6 Å². The number of ether oxygens (including phenoxy) is 2. The van der Waals surface area contributed by atoms with Crippen LogP contribution in [0.2, 0.25) is 0 Å². The standard InChI is InChI=1S/C18H31F3N2O6S/c19-18(20,21)9-3-1-2-4-12-29-16-5-10-22(11-6-16)30(26,27)23(25)17(24)15-7-13-28-14-8-15/h15-16,25H,1-14H2. The SMILES string of the molecule is O=C(C1CCOCC1)N(O)S(=O)(=O)N1CCC(OCCCCCCC(F)(F)F)CC1. The van der Waals surface area contributed by atoms with E-state index in [4.69, 9.17) is 9.47 Å². The Labute approximate surface area is 175 Å². The molecule has 8 nitrogen and oxygen atoms in total. The largest absolute Gasteiger partial charge is 0.389 e. The van der Waals surface area contributed by atoms with Crippen molar-refractivity contribution in [3.8, 4) is 0 Å². The first-order chi connectivity index (χ1) is 14.1. The van der Waals surface area contributed by atoms with Crippen molar-refractivity contribution in [2.75, 3.05) is 32.9 Å². The summed E-state index contributed by atoms with van der Waals surface area (Å²) in [4.78, 5) is 12.3. The molecule has 0 aromatic heterocycles. The van der Waals surface area contributed by atoms with Crippen LogP contribution < -0.4 is 0 Å². The van der Waals surface area contributed by atoms with E-state index in [0.717, 1.165) is 4.31 Å². The minimum Gasteiger partial charge on any atom is -0.381 e. The van der Waals surface area contributed by atoms with Crippen molar-refractivity contribution in [3.05, 3.63) is 0 Å². The van der Waals surface area contributed by atoms with Gasteiger partial charge in [-0.2, -0.15) is 25.9 Å². The number of amides is 1. The highest BCUT2D eigenvalue weighted by molar-refractivity contribution is 7.87. The molecule has 2 saturated heterocycles. The monoisotopic (exact) mass is 460 g/mol. The van der Waals surface area contributed by atoms with E-state index in [0.29, 0.717) is 64.8 Å². The molecule has 0 aromatic carbocycles. The quantitative estimate of drug-likeness (QED) is 0.306. The van der Waals surface area contributed by atoms with E-state index in [2.05, 4.69) is 0 Å². The molecule has 2 fully saturated rings. The van der Waals surface area contributed by atoms with Crippen molar-refractivity contribution in [2.24, 2.45) is 5.92 Å². The summed E-state index contributed by atoms with van der Waals surface area (Å²) in [5.74, 6) is -1.40. The van der Waals surface area contributed by atoms with Crippen LogP contribution in [0.4, 0.5) is 13.2 Å². The van der Waals surface area contributed by atoms with Crippen LogP contribution in [0, 0.1) is 5.92 Å². The highest BCUT2D eigenvalue weighted by Gasteiger charge is 2.38. The van der Waals surface area contributed by atoms with Crippen molar-refractivity contribution >= 4 is 16.1 Å². The third kappa shape index (κ3) is 7.95. The summed E-state index contributed by atoms with van der Waals surface area (Å²) < 4.78 is 73.0. The maximum absolute atomic E-state index is 12.5. The minimum atomic E-state index is -4.30. The zero-order chi connectivity index (χ0) is 22.2. The summed E-state index contributed by atoms with van der Waals surface area (Å²) in [6.45, 7) is 1.37. The summed E-state index contributed by atoms with van der Waals surface area (Å²) in [6, 6.07) is 0. The number of carbonyl (C=O) groups excluding carboxylic acids is 1. The van der Waals surface area contributed by atoms with Crippen molar-refractivity contribution in [1.29, 1.82) is 0 Å². The van der Waals surface area contributed by atoms with Gasteiger partial charge in [0, 0.05) is 45.2 Å². The van der Waals surface area contributed by atoms with Crippen LogP contribution in [-0.2, 0) is 24.5 Å². The second kappa shape index (κ2) is 11.6. The van der Waals surface area contributed by atoms with E-state index < -0.39 is 34.6 Å². The summed E-state index contributed by atoms with van der Waals surface area (Å²) >= 11 is 0. The molecule has 30 heavy (non-hydrogen) atoms. The number of alkyl halides is 3. The number of hydroxylamine groups is 1. The molecule has 0 spiro atoms. The molecule has 2 rings (SSSR count). The molecule has 0 unspecified atom stereocenters.